The highest BCUT2D eigenvalue weighted by molar-refractivity contribution is 5.90. The molecule has 1 saturated heterocycles. The minimum Gasteiger partial charge on any atom is -0.497 e. The van der Waals surface area contributed by atoms with Crippen molar-refractivity contribution in [2.24, 2.45) is 0 Å². The summed E-state index contributed by atoms with van der Waals surface area (Å²) in [5, 5.41) is 0. The van der Waals surface area contributed by atoms with Gasteiger partial charge in [-0.15, -0.1) is 0 Å². The summed E-state index contributed by atoms with van der Waals surface area (Å²) in [4.78, 5) is 26.5. The number of amides is 1. The zero-order valence-electron chi connectivity index (χ0n) is 17.8. The second kappa shape index (κ2) is 11.2. The molecular formula is C23H27NO7. The zero-order valence-corrected chi connectivity index (χ0v) is 17.8. The van der Waals surface area contributed by atoms with Crippen LogP contribution < -0.4 is 14.2 Å². The third-order valence-corrected chi connectivity index (χ3v) is 4.72. The molecule has 1 heterocycles. The number of morpholine rings is 1. The molecule has 8 heteroatoms. The summed E-state index contributed by atoms with van der Waals surface area (Å²) in [5.74, 6) is 0.923. The fourth-order valence-corrected chi connectivity index (χ4v) is 3.02. The second-order valence-electron chi connectivity index (χ2n) is 6.80. The lowest BCUT2D eigenvalue weighted by atomic mass is 10.2. The Bertz CT molecular complexity index is 876. The first-order valence-corrected chi connectivity index (χ1v) is 10.2. The maximum atomic E-state index is 12.5. The van der Waals surface area contributed by atoms with Gasteiger partial charge >= 0.3 is 5.97 Å². The molecule has 0 atom stereocenters. The minimum atomic E-state index is -0.479. The molecule has 2 aromatic carbocycles. The Hall–Kier alpha value is -3.26. The molecule has 1 amide bonds. The van der Waals surface area contributed by atoms with Crippen molar-refractivity contribution in [2.45, 2.75) is 13.5 Å². The highest BCUT2D eigenvalue weighted by Crippen LogP contribution is 2.29. The van der Waals surface area contributed by atoms with E-state index in [0.29, 0.717) is 50.0 Å². The molecule has 1 aliphatic heterocycles. The third-order valence-electron chi connectivity index (χ3n) is 4.72. The first-order valence-electron chi connectivity index (χ1n) is 10.2. The average Bonchev–Trinajstić information content (AvgIpc) is 2.82. The number of carbonyl (C=O) groups excluding carboxylic acids is 2. The van der Waals surface area contributed by atoms with E-state index in [4.69, 9.17) is 23.7 Å². The molecule has 0 saturated carbocycles. The largest absolute Gasteiger partial charge is 0.497 e. The molecule has 0 spiro atoms. The summed E-state index contributed by atoms with van der Waals surface area (Å²) >= 11 is 0. The number of benzene rings is 2. The lowest BCUT2D eigenvalue weighted by molar-refractivity contribution is -0.137. The Balaban J connectivity index is 1.60. The molecule has 0 aliphatic carbocycles. The van der Waals surface area contributed by atoms with Crippen LogP contribution in [0.15, 0.2) is 42.5 Å². The van der Waals surface area contributed by atoms with Crippen LogP contribution in [0.1, 0.15) is 22.8 Å². The molecule has 8 nitrogen and oxygen atoms in total. The van der Waals surface area contributed by atoms with Crippen LogP contribution in [0.2, 0.25) is 0 Å². The van der Waals surface area contributed by atoms with E-state index in [0.717, 1.165) is 11.3 Å². The van der Waals surface area contributed by atoms with Crippen LogP contribution in [-0.2, 0) is 20.9 Å². The first-order chi connectivity index (χ1) is 15.1. The van der Waals surface area contributed by atoms with Gasteiger partial charge in [-0.25, -0.2) is 4.79 Å². The lowest BCUT2D eigenvalue weighted by Crippen LogP contribution is -2.43. The Morgan fingerprint density at radius 3 is 2.42 bits per heavy atom. The fourth-order valence-electron chi connectivity index (χ4n) is 3.02. The van der Waals surface area contributed by atoms with Crippen LogP contribution >= 0.6 is 0 Å². The second-order valence-corrected chi connectivity index (χ2v) is 6.80. The first kappa shape index (κ1) is 22.4. The number of hydrogen-bond acceptors (Lipinski definition) is 7. The number of carbonyl (C=O) groups is 2. The van der Waals surface area contributed by atoms with Gasteiger partial charge in [0, 0.05) is 13.1 Å². The number of methoxy groups -OCH3 is 1. The summed E-state index contributed by atoms with van der Waals surface area (Å²) in [5.41, 5.74) is 1.18. The number of rotatable bonds is 9. The van der Waals surface area contributed by atoms with E-state index in [1.165, 1.54) is 0 Å². The molecule has 0 aromatic heterocycles. The van der Waals surface area contributed by atoms with Crippen molar-refractivity contribution in [2.75, 3.05) is 46.6 Å². The van der Waals surface area contributed by atoms with Crippen molar-refractivity contribution < 1.29 is 33.3 Å². The molecule has 0 N–H and O–H groups in total. The van der Waals surface area contributed by atoms with Crippen molar-refractivity contribution in [3.63, 3.8) is 0 Å². The van der Waals surface area contributed by atoms with Crippen LogP contribution in [-0.4, -0.2) is 63.4 Å². The predicted octanol–water partition coefficient (Wildman–Crippen LogP) is 2.69. The monoisotopic (exact) mass is 429 g/mol. The van der Waals surface area contributed by atoms with Crippen LogP contribution in [0.5, 0.6) is 17.2 Å². The molecular weight excluding hydrogens is 402 g/mol. The molecule has 0 bridgehead atoms. The molecule has 31 heavy (non-hydrogen) atoms. The third kappa shape index (κ3) is 6.36. The fraction of sp³-hybridized carbons (Fsp3) is 0.391. The number of esters is 1. The SMILES string of the molecule is CCOc1cc(C(=O)OCc2ccc(OC)cc2)ccc1OCC(=O)N1CCOCC1. The standard InChI is InChI=1S/C23H27NO7/c1-3-29-21-14-18(23(26)31-15-17-4-7-19(27-2)8-5-17)6-9-20(21)30-16-22(25)24-10-12-28-13-11-24/h4-9,14H,3,10-13,15-16H2,1-2H3. The van der Waals surface area contributed by atoms with Crippen LogP contribution in [0, 0.1) is 0 Å². The van der Waals surface area contributed by atoms with Gasteiger partial charge in [-0.3, -0.25) is 4.79 Å². The Kier molecular flexibility index (Phi) is 8.12. The Morgan fingerprint density at radius 2 is 1.74 bits per heavy atom. The van der Waals surface area contributed by atoms with Crippen molar-refractivity contribution in [1.29, 1.82) is 0 Å². The number of hydrogen-bond donors (Lipinski definition) is 0. The van der Waals surface area contributed by atoms with E-state index < -0.39 is 5.97 Å². The van der Waals surface area contributed by atoms with E-state index >= 15 is 0 Å². The molecule has 1 aliphatic rings. The van der Waals surface area contributed by atoms with E-state index in [9.17, 15) is 9.59 Å². The van der Waals surface area contributed by atoms with Gasteiger partial charge < -0.3 is 28.6 Å². The molecule has 3 rings (SSSR count). The van der Waals surface area contributed by atoms with E-state index in [2.05, 4.69) is 0 Å². The summed E-state index contributed by atoms with van der Waals surface area (Å²) in [6.07, 6.45) is 0. The van der Waals surface area contributed by atoms with E-state index in [-0.39, 0.29) is 19.1 Å². The summed E-state index contributed by atoms with van der Waals surface area (Å²) in [7, 11) is 1.59. The van der Waals surface area contributed by atoms with Crippen molar-refractivity contribution in [1.82, 2.24) is 4.90 Å². The maximum Gasteiger partial charge on any atom is 0.338 e. The van der Waals surface area contributed by atoms with Gasteiger partial charge in [-0.1, -0.05) is 12.1 Å². The van der Waals surface area contributed by atoms with E-state index in [1.807, 2.05) is 19.1 Å². The minimum absolute atomic E-state index is 0.110. The van der Waals surface area contributed by atoms with Gasteiger partial charge in [0.1, 0.15) is 12.4 Å². The normalized spacial score (nSPS) is 13.4. The van der Waals surface area contributed by atoms with Crippen molar-refractivity contribution in [3.8, 4) is 17.2 Å². The Morgan fingerprint density at radius 1 is 1.00 bits per heavy atom. The molecule has 0 unspecified atom stereocenters. The van der Waals surface area contributed by atoms with Gasteiger partial charge in [0.2, 0.25) is 0 Å². The van der Waals surface area contributed by atoms with Gasteiger partial charge in [-0.2, -0.15) is 0 Å². The lowest BCUT2D eigenvalue weighted by Gasteiger charge is -2.26. The predicted molar refractivity (Wildman–Crippen MR) is 113 cm³/mol. The molecule has 1 fully saturated rings. The molecule has 0 radical (unpaired) electrons. The number of nitrogens with zero attached hydrogens (tertiary/aromatic N) is 1. The smallest absolute Gasteiger partial charge is 0.338 e. The maximum absolute atomic E-state index is 12.5. The summed E-state index contributed by atoms with van der Waals surface area (Å²) in [6, 6.07) is 12.0. The van der Waals surface area contributed by atoms with E-state index in [1.54, 1.807) is 42.3 Å². The van der Waals surface area contributed by atoms with Gasteiger partial charge in [0.25, 0.3) is 5.91 Å². The summed E-state index contributed by atoms with van der Waals surface area (Å²) in [6.45, 7) is 4.42. The molecule has 2 aromatic rings. The topological polar surface area (TPSA) is 83.5 Å². The van der Waals surface area contributed by atoms with Crippen LogP contribution in [0.25, 0.3) is 0 Å². The highest BCUT2D eigenvalue weighted by Gasteiger charge is 2.19. The quantitative estimate of drug-likeness (QED) is 0.567. The van der Waals surface area contributed by atoms with Crippen LogP contribution in [0.3, 0.4) is 0 Å². The number of ether oxygens (including phenoxy) is 5. The van der Waals surface area contributed by atoms with Gasteiger partial charge in [-0.05, 0) is 42.8 Å². The van der Waals surface area contributed by atoms with Crippen molar-refractivity contribution in [3.05, 3.63) is 53.6 Å². The zero-order chi connectivity index (χ0) is 22.1. The Labute approximate surface area is 181 Å². The van der Waals surface area contributed by atoms with Crippen molar-refractivity contribution >= 4 is 11.9 Å². The van der Waals surface area contributed by atoms with Gasteiger partial charge in [0.05, 0.1) is 32.5 Å². The van der Waals surface area contributed by atoms with Crippen LogP contribution in [0.4, 0.5) is 0 Å². The van der Waals surface area contributed by atoms with Gasteiger partial charge in [0.15, 0.2) is 18.1 Å². The highest BCUT2D eigenvalue weighted by atomic mass is 16.5. The molecule has 166 valence electrons. The summed E-state index contributed by atoms with van der Waals surface area (Å²) < 4.78 is 27.0. The average molecular weight is 429 g/mol.